The van der Waals surface area contributed by atoms with Gasteiger partial charge in [0.05, 0.1) is 0 Å². The summed E-state index contributed by atoms with van der Waals surface area (Å²) in [5, 5.41) is 11.4. The van der Waals surface area contributed by atoms with Crippen LogP contribution in [0.1, 0.15) is 24.2 Å². The predicted molar refractivity (Wildman–Crippen MR) is 70.0 cm³/mol. The van der Waals surface area contributed by atoms with Crippen LogP contribution >= 0.6 is 0 Å². The van der Waals surface area contributed by atoms with Crippen molar-refractivity contribution >= 4 is 17.6 Å². The Labute approximate surface area is 106 Å². The van der Waals surface area contributed by atoms with E-state index in [0.29, 0.717) is 5.56 Å². The van der Waals surface area contributed by atoms with E-state index in [4.69, 9.17) is 5.11 Å². The van der Waals surface area contributed by atoms with E-state index in [-0.39, 0.29) is 0 Å². The highest BCUT2D eigenvalue weighted by Crippen LogP contribution is 2.13. The number of carboxylic acid groups (broad SMARTS) is 1. The Morgan fingerprint density at radius 3 is 2.06 bits per heavy atom. The molecule has 1 amide bonds. The molecule has 5 nitrogen and oxygen atoms in total. The summed E-state index contributed by atoms with van der Waals surface area (Å²) in [6.45, 7) is 2.89. The normalized spacial score (nSPS) is 10.9. The quantitative estimate of drug-likeness (QED) is 0.846. The van der Waals surface area contributed by atoms with E-state index in [1.165, 1.54) is 13.8 Å². The molecular weight excluding hydrogens is 232 g/mol. The Bertz CT molecular complexity index is 450. The van der Waals surface area contributed by atoms with Gasteiger partial charge in [0.1, 0.15) is 5.54 Å². The lowest BCUT2D eigenvalue weighted by Crippen LogP contribution is -2.49. The second kappa shape index (κ2) is 5.08. The average Bonchev–Trinajstić information content (AvgIpc) is 2.28. The lowest BCUT2D eigenvalue weighted by Gasteiger charge is -2.21. The third-order valence-electron chi connectivity index (χ3n) is 2.61. The van der Waals surface area contributed by atoms with Crippen LogP contribution in [0.4, 0.5) is 5.69 Å². The molecule has 0 heterocycles. The Hall–Kier alpha value is -2.04. The third kappa shape index (κ3) is 3.23. The van der Waals surface area contributed by atoms with Crippen LogP contribution in [0.25, 0.3) is 0 Å². The zero-order valence-corrected chi connectivity index (χ0v) is 11.0. The molecule has 0 aliphatic carbocycles. The molecule has 0 radical (unpaired) electrons. The molecule has 18 heavy (non-hydrogen) atoms. The van der Waals surface area contributed by atoms with Gasteiger partial charge in [-0.05, 0) is 38.1 Å². The summed E-state index contributed by atoms with van der Waals surface area (Å²) in [7, 11) is 3.81. The van der Waals surface area contributed by atoms with Crippen molar-refractivity contribution in [3.8, 4) is 0 Å². The average molecular weight is 250 g/mol. The second-order valence-electron chi connectivity index (χ2n) is 4.83. The molecule has 2 N–H and O–H groups in total. The number of benzene rings is 1. The first-order chi connectivity index (χ1) is 8.24. The molecule has 0 atom stereocenters. The van der Waals surface area contributed by atoms with Crippen LogP contribution in [-0.4, -0.2) is 36.6 Å². The molecule has 0 aliphatic rings. The van der Waals surface area contributed by atoms with Crippen molar-refractivity contribution in [3.63, 3.8) is 0 Å². The topological polar surface area (TPSA) is 69.6 Å². The van der Waals surface area contributed by atoms with E-state index < -0.39 is 17.4 Å². The highest BCUT2D eigenvalue weighted by molar-refractivity contribution is 5.97. The number of carbonyl (C=O) groups is 2. The predicted octanol–water partition coefficient (Wildman–Crippen LogP) is 1.35. The number of amides is 1. The SMILES string of the molecule is CN(C)c1ccc(C(=O)NC(C)(C)C(=O)O)cc1. The standard InChI is InChI=1S/C13H18N2O3/c1-13(2,12(17)18)14-11(16)9-5-7-10(8-6-9)15(3)4/h5-8H,1-4H3,(H,14,16)(H,17,18). The molecule has 1 aromatic rings. The molecular formula is C13H18N2O3. The molecule has 0 spiro atoms. The van der Waals surface area contributed by atoms with Crippen LogP contribution in [0, 0.1) is 0 Å². The van der Waals surface area contributed by atoms with Gasteiger partial charge in [-0.2, -0.15) is 0 Å². The van der Waals surface area contributed by atoms with E-state index in [9.17, 15) is 9.59 Å². The zero-order chi connectivity index (χ0) is 13.9. The Kier molecular flexibility index (Phi) is 3.96. The largest absolute Gasteiger partial charge is 0.480 e. The minimum absolute atomic E-state index is 0.396. The van der Waals surface area contributed by atoms with Crippen LogP contribution < -0.4 is 10.2 Å². The minimum Gasteiger partial charge on any atom is -0.480 e. The number of aliphatic carboxylic acids is 1. The van der Waals surface area contributed by atoms with Crippen molar-refractivity contribution in [3.05, 3.63) is 29.8 Å². The lowest BCUT2D eigenvalue weighted by atomic mass is 10.1. The minimum atomic E-state index is -1.28. The summed E-state index contributed by atoms with van der Waals surface area (Å²) in [4.78, 5) is 24.7. The first-order valence-corrected chi connectivity index (χ1v) is 5.57. The maximum absolute atomic E-state index is 11.9. The van der Waals surface area contributed by atoms with Crippen molar-refractivity contribution in [2.45, 2.75) is 19.4 Å². The van der Waals surface area contributed by atoms with E-state index in [1.807, 2.05) is 31.1 Å². The Morgan fingerprint density at radius 2 is 1.67 bits per heavy atom. The smallest absolute Gasteiger partial charge is 0.328 e. The molecule has 5 heteroatoms. The summed E-state index contributed by atoms with van der Waals surface area (Å²) in [6, 6.07) is 6.95. The van der Waals surface area contributed by atoms with Gasteiger partial charge in [0.25, 0.3) is 5.91 Å². The highest BCUT2D eigenvalue weighted by atomic mass is 16.4. The molecule has 1 rings (SSSR count). The molecule has 0 aliphatic heterocycles. The van der Waals surface area contributed by atoms with Gasteiger partial charge >= 0.3 is 5.97 Å². The highest BCUT2D eigenvalue weighted by Gasteiger charge is 2.29. The van der Waals surface area contributed by atoms with Gasteiger partial charge in [0.15, 0.2) is 0 Å². The Morgan fingerprint density at radius 1 is 1.17 bits per heavy atom. The molecule has 0 fully saturated rings. The molecule has 0 bridgehead atoms. The zero-order valence-electron chi connectivity index (χ0n) is 11.0. The second-order valence-corrected chi connectivity index (χ2v) is 4.83. The van der Waals surface area contributed by atoms with Crippen molar-refractivity contribution < 1.29 is 14.7 Å². The number of anilines is 1. The molecule has 98 valence electrons. The summed E-state index contributed by atoms with van der Waals surface area (Å²) in [5.74, 6) is -1.46. The molecule has 0 saturated heterocycles. The van der Waals surface area contributed by atoms with Crippen molar-refractivity contribution in [2.75, 3.05) is 19.0 Å². The third-order valence-corrected chi connectivity index (χ3v) is 2.61. The number of carboxylic acids is 1. The number of hydrogen-bond acceptors (Lipinski definition) is 3. The van der Waals surface area contributed by atoms with Gasteiger partial charge in [0, 0.05) is 25.3 Å². The van der Waals surface area contributed by atoms with Crippen molar-refractivity contribution in [1.82, 2.24) is 5.32 Å². The van der Waals surface area contributed by atoms with Gasteiger partial charge in [0.2, 0.25) is 0 Å². The van der Waals surface area contributed by atoms with Gasteiger partial charge in [-0.1, -0.05) is 0 Å². The van der Waals surface area contributed by atoms with Crippen LogP contribution in [0.15, 0.2) is 24.3 Å². The fraction of sp³-hybridized carbons (Fsp3) is 0.385. The summed E-state index contributed by atoms with van der Waals surface area (Å²) < 4.78 is 0. The van der Waals surface area contributed by atoms with Crippen molar-refractivity contribution in [2.24, 2.45) is 0 Å². The first-order valence-electron chi connectivity index (χ1n) is 5.57. The van der Waals surface area contributed by atoms with Gasteiger partial charge in [-0.25, -0.2) is 4.79 Å². The van der Waals surface area contributed by atoms with Gasteiger partial charge in [-0.3, -0.25) is 4.79 Å². The van der Waals surface area contributed by atoms with Crippen LogP contribution in [-0.2, 0) is 4.79 Å². The maximum atomic E-state index is 11.9. The number of carbonyl (C=O) groups excluding carboxylic acids is 1. The number of rotatable bonds is 4. The number of nitrogens with one attached hydrogen (secondary N) is 1. The van der Waals surface area contributed by atoms with E-state index in [1.54, 1.807) is 12.1 Å². The van der Waals surface area contributed by atoms with E-state index in [0.717, 1.165) is 5.69 Å². The van der Waals surface area contributed by atoms with Crippen molar-refractivity contribution in [1.29, 1.82) is 0 Å². The van der Waals surface area contributed by atoms with Gasteiger partial charge < -0.3 is 15.3 Å². The number of nitrogens with zero attached hydrogens (tertiary/aromatic N) is 1. The van der Waals surface area contributed by atoms with Crippen LogP contribution in [0.3, 0.4) is 0 Å². The van der Waals surface area contributed by atoms with E-state index >= 15 is 0 Å². The van der Waals surface area contributed by atoms with E-state index in [2.05, 4.69) is 5.32 Å². The molecule has 0 saturated carbocycles. The first kappa shape index (κ1) is 14.0. The Balaban J connectivity index is 2.82. The summed E-state index contributed by atoms with van der Waals surface area (Å²) in [6.07, 6.45) is 0. The lowest BCUT2D eigenvalue weighted by molar-refractivity contribution is -0.143. The fourth-order valence-corrected chi connectivity index (χ4v) is 1.32. The monoisotopic (exact) mass is 250 g/mol. The molecule has 0 unspecified atom stereocenters. The number of hydrogen-bond donors (Lipinski definition) is 2. The van der Waals surface area contributed by atoms with Gasteiger partial charge in [-0.15, -0.1) is 0 Å². The van der Waals surface area contributed by atoms with Crippen LogP contribution in [0.5, 0.6) is 0 Å². The molecule has 1 aromatic carbocycles. The molecule has 0 aromatic heterocycles. The summed E-state index contributed by atoms with van der Waals surface area (Å²) >= 11 is 0. The summed E-state index contributed by atoms with van der Waals surface area (Å²) in [5.41, 5.74) is 0.135. The maximum Gasteiger partial charge on any atom is 0.328 e. The fourth-order valence-electron chi connectivity index (χ4n) is 1.32. The van der Waals surface area contributed by atoms with Crippen LogP contribution in [0.2, 0.25) is 0 Å².